The lowest BCUT2D eigenvalue weighted by molar-refractivity contribution is 0.0668. The zero-order valence-corrected chi connectivity index (χ0v) is 9.31. The lowest BCUT2D eigenvalue weighted by atomic mass is 10.0. The number of hydrogen-bond acceptors (Lipinski definition) is 4. The second-order valence-corrected chi connectivity index (χ2v) is 4.29. The van der Waals surface area contributed by atoms with Gasteiger partial charge < -0.3 is 14.9 Å². The Morgan fingerprint density at radius 2 is 2.44 bits per heavy atom. The van der Waals surface area contributed by atoms with Crippen molar-refractivity contribution in [2.45, 2.75) is 25.5 Å². The van der Waals surface area contributed by atoms with Crippen LogP contribution < -0.4 is 5.73 Å². The number of carbonyl (C=O) groups is 1. The van der Waals surface area contributed by atoms with Gasteiger partial charge in [-0.15, -0.1) is 0 Å². The summed E-state index contributed by atoms with van der Waals surface area (Å²) in [6.07, 6.45) is 1.97. The first-order chi connectivity index (χ1) is 7.63. The first-order valence-corrected chi connectivity index (χ1v) is 5.33. The molecule has 5 nitrogen and oxygen atoms in total. The van der Waals surface area contributed by atoms with Crippen molar-refractivity contribution in [1.82, 2.24) is 4.90 Å². The van der Waals surface area contributed by atoms with Crippen molar-refractivity contribution >= 4 is 6.09 Å². The molecule has 5 heteroatoms. The van der Waals surface area contributed by atoms with Gasteiger partial charge in [0.1, 0.15) is 11.4 Å². The summed E-state index contributed by atoms with van der Waals surface area (Å²) >= 11 is 0. The van der Waals surface area contributed by atoms with Gasteiger partial charge in [-0.05, 0) is 25.6 Å². The van der Waals surface area contributed by atoms with Gasteiger partial charge in [0.25, 0.3) is 0 Å². The van der Waals surface area contributed by atoms with Crippen LogP contribution in [0.1, 0.15) is 19.1 Å². The van der Waals surface area contributed by atoms with Crippen molar-refractivity contribution in [3.05, 3.63) is 24.2 Å². The number of nitrogens with two attached hydrogens (primary N) is 1. The highest BCUT2D eigenvalue weighted by atomic mass is 16.6. The number of amides is 1. The van der Waals surface area contributed by atoms with Gasteiger partial charge in [0.05, 0.1) is 19.4 Å². The van der Waals surface area contributed by atoms with E-state index in [1.165, 1.54) is 0 Å². The molecule has 0 bridgehead atoms. The van der Waals surface area contributed by atoms with Crippen molar-refractivity contribution in [3.63, 3.8) is 0 Å². The van der Waals surface area contributed by atoms with E-state index in [4.69, 9.17) is 14.9 Å². The zero-order valence-electron chi connectivity index (χ0n) is 9.31. The van der Waals surface area contributed by atoms with Crippen molar-refractivity contribution < 1.29 is 13.9 Å². The maximum absolute atomic E-state index is 11.6. The smallest absolute Gasteiger partial charge is 0.410 e. The molecule has 88 valence electrons. The molecule has 1 aromatic rings. The Hall–Kier alpha value is -1.49. The van der Waals surface area contributed by atoms with Gasteiger partial charge >= 0.3 is 6.09 Å². The molecule has 2 heterocycles. The molecule has 0 aromatic carbocycles. The molecule has 1 saturated heterocycles. The molecule has 0 saturated carbocycles. The molecule has 1 fully saturated rings. The van der Waals surface area contributed by atoms with E-state index in [1.54, 1.807) is 17.2 Å². The third-order valence-electron chi connectivity index (χ3n) is 2.72. The minimum atomic E-state index is -0.460. The maximum atomic E-state index is 11.6. The Balaban J connectivity index is 2.00. The Labute approximate surface area is 94.1 Å². The third kappa shape index (κ3) is 2.19. The summed E-state index contributed by atoms with van der Waals surface area (Å²) in [5.41, 5.74) is 5.03. The van der Waals surface area contributed by atoms with Crippen molar-refractivity contribution in [2.24, 2.45) is 5.73 Å². The van der Waals surface area contributed by atoms with Crippen LogP contribution in [0.4, 0.5) is 4.79 Å². The first kappa shape index (κ1) is 11.0. The molecule has 1 amide bonds. The predicted octanol–water partition coefficient (Wildman–Crippen LogP) is 1.34. The van der Waals surface area contributed by atoms with E-state index in [-0.39, 0.29) is 6.09 Å². The van der Waals surface area contributed by atoms with E-state index >= 15 is 0 Å². The van der Waals surface area contributed by atoms with Gasteiger partial charge in [0, 0.05) is 6.42 Å². The van der Waals surface area contributed by atoms with Crippen LogP contribution in [-0.2, 0) is 11.3 Å². The van der Waals surface area contributed by atoms with Crippen LogP contribution in [-0.4, -0.2) is 29.7 Å². The minimum Gasteiger partial charge on any atom is -0.467 e. The normalized spacial score (nSPS) is 24.9. The molecular formula is C11H16N2O3. The van der Waals surface area contributed by atoms with Gasteiger partial charge in [0.2, 0.25) is 0 Å². The summed E-state index contributed by atoms with van der Waals surface area (Å²) in [4.78, 5) is 13.2. The fourth-order valence-corrected chi connectivity index (χ4v) is 1.92. The van der Waals surface area contributed by atoms with E-state index in [0.29, 0.717) is 26.1 Å². The van der Waals surface area contributed by atoms with Gasteiger partial charge in [-0.2, -0.15) is 0 Å². The fourth-order valence-electron chi connectivity index (χ4n) is 1.92. The van der Waals surface area contributed by atoms with Crippen molar-refractivity contribution in [3.8, 4) is 0 Å². The van der Waals surface area contributed by atoms with E-state index < -0.39 is 5.60 Å². The molecule has 1 atom stereocenters. The summed E-state index contributed by atoms with van der Waals surface area (Å²) in [5, 5.41) is 0. The molecule has 2 rings (SSSR count). The molecular weight excluding hydrogens is 208 g/mol. The summed E-state index contributed by atoms with van der Waals surface area (Å²) in [5.74, 6) is 0.758. The molecule has 1 unspecified atom stereocenters. The van der Waals surface area contributed by atoms with Crippen LogP contribution in [0.3, 0.4) is 0 Å². The standard InChI is InChI=1S/C11H16N2O3/c1-11(4-5-12)8-13(10(14)16-11)7-9-3-2-6-15-9/h2-3,6H,4-5,7-8,12H2,1H3. The number of ether oxygens (including phenoxy) is 1. The predicted molar refractivity (Wildman–Crippen MR) is 57.7 cm³/mol. The average Bonchev–Trinajstić information content (AvgIpc) is 2.77. The second-order valence-electron chi connectivity index (χ2n) is 4.29. The zero-order chi connectivity index (χ0) is 11.6. The van der Waals surface area contributed by atoms with Crippen molar-refractivity contribution in [2.75, 3.05) is 13.1 Å². The van der Waals surface area contributed by atoms with E-state index in [0.717, 1.165) is 5.76 Å². The highest BCUT2D eigenvalue weighted by molar-refractivity contribution is 5.70. The Kier molecular flexibility index (Phi) is 2.87. The summed E-state index contributed by atoms with van der Waals surface area (Å²) in [7, 11) is 0. The number of cyclic esters (lactones) is 1. The van der Waals surface area contributed by atoms with Crippen LogP contribution >= 0.6 is 0 Å². The highest BCUT2D eigenvalue weighted by Gasteiger charge is 2.40. The molecule has 0 spiro atoms. The van der Waals surface area contributed by atoms with Gasteiger partial charge in [-0.3, -0.25) is 4.90 Å². The number of nitrogens with zero attached hydrogens (tertiary/aromatic N) is 1. The van der Waals surface area contributed by atoms with Crippen LogP contribution in [0.2, 0.25) is 0 Å². The number of rotatable bonds is 4. The summed E-state index contributed by atoms with van der Waals surface area (Å²) in [6.45, 7) is 3.42. The van der Waals surface area contributed by atoms with Crippen LogP contribution in [0.15, 0.2) is 22.8 Å². The number of furan rings is 1. The molecule has 16 heavy (non-hydrogen) atoms. The van der Waals surface area contributed by atoms with Gasteiger partial charge in [0.15, 0.2) is 0 Å². The number of hydrogen-bond donors (Lipinski definition) is 1. The van der Waals surface area contributed by atoms with Crippen molar-refractivity contribution in [1.29, 1.82) is 0 Å². The van der Waals surface area contributed by atoms with E-state index in [9.17, 15) is 4.79 Å². The quantitative estimate of drug-likeness (QED) is 0.837. The van der Waals surface area contributed by atoms with Crippen LogP contribution in [0, 0.1) is 0 Å². The fraction of sp³-hybridized carbons (Fsp3) is 0.545. The van der Waals surface area contributed by atoms with E-state index in [2.05, 4.69) is 0 Å². The summed E-state index contributed by atoms with van der Waals surface area (Å²) < 4.78 is 10.5. The maximum Gasteiger partial charge on any atom is 0.410 e. The molecule has 2 N–H and O–H groups in total. The topological polar surface area (TPSA) is 68.7 Å². The third-order valence-corrected chi connectivity index (χ3v) is 2.72. The molecule has 0 radical (unpaired) electrons. The van der Waals surface area contributed by atoms with E-state index in [1.807, 2.05) is 13.0 Å². The highest BCUT2D eigenvalue weighted by Crippen LogP contribution is 2.26. The molecule has 1 aliphatic heterocycles. The Morgan fingerprint density at radius 1 is 1.62 bits per heavy atom. The minimum absolute atomic E-state index is 0.299. The van der Waals surface area contributed by atoms with Crippen LogP contribution in [0.25, 0.3) is 0 Å². The van der Waals surface area contributed by atoms with Crippen LogP contribution in [0.5, 0.6) is 0 Å². The SMILES string of the molecule is CC1(CCN)CN(Cc2ccco2)C(=O)O1. The largest absolute Gasteiger partial charge is 0.467 e. The monoisotopic (exact) mass is 224 g/mol. The Bertz CT molecular complexity index is 363. The molecule has 1 aromatic heterocycles. The molecule has 0 aliphatic carbocycles. The second kappa shape index (κ2) is 4.17. The molecule has 1 aliphatic rings. The lowest BCUT2D eigenvalue weighted by Gasteiger charge is -2.20. The first-order valence-electron chi connectivity index (χ1n) is 5.33. The summed E-state index contributed by atoms with van der Waals surface area (Å²) in [6, 6.07) is 3.64. The average molecular weight is 224 g/mol. The Morgan fingerprint density at radius 3 is 3.06 bits per heavy atom. The lowest BCUT2D eigenvalue weighted by Crippen LogP contribution is -2.33. The van der Waals surface area contributed by atoms with Gasteiger partial charge in [-0.1, -0.05) is 0 Å². The van der Waals surface area contributed by atoms with Gasteiger partial charge in [-0.25, -0.2) is 4.79 Å². The number of carbonyl (C=O) groups excluding carboxylic acids is 1.